The maximum atomic E-state index is 12.8. The van der Waals surface area contributed by atoms with Gasteiger partial charge in [-0.25, -0.2) is 0 Å². The average Bonchev–Trinajstić information content (AvgIpc) is 2.64. The molecular weight excluding hydrogens is 330 g/mol. The topological polar surface area (TPSA) is 68.0 Å². The van der Waals surface area contributed by atoms with Crippen LogP contribution in [0.2, 0.25) is 0 Å². The van der Waals surface area contributed by atoms with Gasteiger partial charge in [0.1, 0.15) is 5.75 Å². The van der Waals surface area contributed by atoms with Crippen LogP contribution in [-0.2, 0) is 16.1 Å². The molecule has 6 heteroatoms. The highest BCUT2D eigenvalue weighted by Crippen LogP contribution is 2.14. The molecule has 0 aromatic heterocycles. The van der Waals surface area contributed by atoms with E-state index in [-0.39, 0.29) is 5.91 Å². The molecule has 0 saturated carbocycles. The number of methoxy groups -OCH3 is 2. The SMILES string of the molecule is COCCCN(Cc1ccc(OC)cc1)C(=O)[C@@H](N)CCCCN(C)C. The first-order valence-electron chi connectivity index (χ1n) is 9.29. The maximum absolute atomic E-state index is 12.8. The summed E-state index contributed by atoms with van der Waals surface area (Å²) >= 11 is 0. The van der Waals surface area contributed by atoms with Gasteiger partial charge in [-0.05, 0) is 57.6 Å². The number of nitrogens with zero attached hydrogens (tertiary/aromatic N) is 2. The van der Waals surface area contributed by atoms with Crippen molar-refractivity contribution in [2.75, 3.05) is 48.0 Å². The van der Waals surface area contributed by atoms with Crippen LogP contribution < -0.4 is 10.5 Å². The number of carbonyl (C=O) groups excluding carboxylic acids is 1. The van der Waals surface area contributed by atoms with Gasteiger partial charge in [0.2, 0.25) is 5.91 Å². The van der Waals surface area contributed by atoms with Crippen LogP contribution in [-0.4, -0.2) is 69.8 Å². The van der Waals surface area contributed by atoms with E-state index in [0.717, 1.165) is 43.5 Å². The minimum Gasteiger partial charge on any atom is -0.497 e. The third-order valence-corrected chi connectivity index (χ3v) is 4.31. The summed E-state index contributed by atoms with van der Waals surface area (Å²) in [5, 5.41) is 0. The van der Waals surface area contributed by atoms with Crippen LogP contribution in [0.15, 0.2) is 24.3 Å². The molecule has 1 amide bonds. The van der Waals surface area contributed by atoms with Crippen molar-refractivity contribution in [2.45, 2.75) is 38.3 Å². The molecule has 0 spiro atoms. The van der Waals surface area contributed by atoms with Crippen molar-refractivity contribution in [3.63, 3.8) is 0 Å². The molecule has 0 aliphatic rings. The van der Waals surface area contributed by atoms with Crippen molar-refractivity contribution in [1.29, 1.82) is 0 Å². The molecule has 1 atom stereocenters. The van der Waals surface area contributed by atoms with E-state index in [1.165, 1.54) is 0 Å². The van der Waals surface area contributed by atoms with Crippen molar-refractivity contribution in [1.82, 2.24) is 9.80 Å². The van der Waals surface area contributed by atoms with E-state index >= 15 is 0 Å². The molecule has 0 saturated heterocycles. The molecule has 0 fully saturated rings. The van der Waals surface area contributed by atoms with Crippen LogP contribution in [0.3, 0.4) is 0 Å². The summed E-state index contributed by atoms with van der Waals surface area (Å²) < 4.78 is 10.3. The zero-order valence-corrected chi connectivity index (χ0v) is 16.7. The van der Waals surface area contributed by atoms with E-state index in [4.69, 9.17) is 15.2 Å². The van der Waals surface area contributed by atoms with Crippen molar-refractivity contribution in [3.05, 3.63) is 29.8 Å². The fourth-order valence-electron chi connectivity index (χ4n) is 2.77. The number of hydrogen-bond acceptors (Lipinski definition) is 5. The largest absolute Gasteiger partial charge is 0.497 e. The zero-order valence-electron chi connectivity index (χ0n) is 16.7. The summed E-state index contributed by atoms with van der Waals surface area (Å²) in [6, 6.07) is 7.34. The van der Waals surface area contributed by atoms with E-state index in [9.17, 15) is 4.79 Å². The molecule has 148 valence electrons. The Morgan fingerprint density at radius 2 is 1.77 bits per heavy atom. The highest BCUT2D eigenvalue weighted by atomic mass is 16.5. The Morgan fingerprint density at radius 3 is 2.35 bits per heavy atom. The molecule has 1 rings (SSSR count). The first-order chi connectivity index (χ1) is 12.5. The van der Waals surface area contributed by atoms with Crippen LogP contribution in [0.4, 0.5) is 0 Å². The van der Waals surface area contributed by atoms with Gasteiger partial charge in [-0.3, -0.25) is 4.79 Å². The van der Waals surface area contributed by atoms with Gasteiger partial charge in [0.05, 0.1) is 13.2 Å². The van der Waals surface area contributed by atoms with Gasteiger partial charge in [0.25, 0.3) is 0 Å². The number of ether oxygens (including phenoxy) is 2. The minimum absolute atomic E-state index is 0.0155. The second kappa shape index (κ2) is 12.7. The van der Waals surface area contributed by atoms with E-state index < -0.39 is 6.04 Å². The monoisotopic (exact) mass is 365 g/mol. The molecule has 0 aliphatic carbocycles. The Hall–Kier alpha value is -1.63. The molecule has 1 aromatic carbocycles. The fraction of sp³-hybridized carbons (Fsp3) is 0.650. The van der Waals surface area contributed by atoms with Crippen LogP contribution in [0.5, 0.6) is 5.75 Å². The number of hydrogen-bond donors (Lipinski definition) is 1. The minimum atomic E-state index is -0.446. The van der Waals surface area contributed by atoms with Crippen molar-refractivity contribution >= 4 is 5.91 Å². The second-order valence-electron chi connectivity index (χ2n) is 6.86. The number of unbranched alkanes of at least 4 members (excludes halogenated alkanes) is 1. The highest BCUT2D eigenvalue weighted by molar-refractivity contribution is 5.81. The second-order valence-corrected chi connectivity index (χ2v) is 6.86. The summed E-state index contributed by atoms with van der Waals surface area (Å²) in [7, 11) is 7.42. The van der Waals surface area contributed by atoms with E-state index in [1.54, 1.807) is 14.2 Å². The number of amides is 1. The summed E-state index contributed by atoms with van der Waals surface area (Å²) in [6.45, 7) is 2.84. The van der Waals surface area contributed by atoms with Gasteiger partial charge < -0.3 is 25.0 Å². The standard InChI is InChI=1S/C20H35N3O3/c1-22(2)13-6-5-8-19(21)20(24)23(14-7-15-25-3)16-17-9-11-18(26-4)12-10-17/h9-12,19H,5-8,13-16,21H2,1-4H3/t19-/m0/s1. The summed E-state index contributed by atoms with van der Waals surface area (Å²) in [4.78, 5) is 16.8. The third-order valence-electron chi connectivity index (χ3n) is 4.31. The Bertz CT molecular complexity index is 506. The summed E-state index contributed by atoms with van der Waals surface area (Å²) in [5.74, 6) is 0.824. The summed E-state index contributed by atoms with van der Waals surface area (Å²) in [5.41, 5.74) is 7.25. The van der Waals surface area contributed by atoms with Gasteiger partial charge in [0.15, 0.2) is 0 Å². The lowest BCUT2D eigenvalue weighted by molar-refractivity contribution is -0.133. The first-order valence-corrected chi connectivity index (χ1v) is 9.29. The smallest absolute Gasteiger partial charge is 0.239 e. The first kappa shape index (κ1) is 22.4. The van der Waals surface area contributed by atoms with Crippen molar-refractivity contribution in [3.8, 4) is 5.75 Å². The Morgan fingerprint density at radius 1 is 1.08 bits per heavy atom. The van der Waals surface area contributed by atoms with Gasteiger partial charge in [0, 0.05) is 26.8 Å². The average molecular weight is 366 g/mol. The van der Waals surface area contributed by atoms with Crippen LogP contribution in [0.25, 0.3) is 0 Å². The highest BCUT2D eigenvalue weighted by Gasteiger charge is 2.20. The molecule has 0 unspecified atom stereocenters. The van der Waals surface area contributed by atoms with Crippen molar-refractivity contribution < 1.29 is 14.3 Å². The lowest BCUT2D eigenvalue weighted by atomic mass is 10.1. The lowest BCUT2D eigenvalue weighted by Gasteiger charge is -2.26. The molecular formula is C20H35N3O3. The third kappa shape index (κ3) is 8.65. The van der Waals surface area contributed by atoms with Crippen molar-refractivity contribution in [2.24, 2.45) is 5.73 Å². The predicted molar refractivity (Wildman–Crippen MR) is 105 cm³/mol. The number of carbonyl (C=O) groups is 1. The van der Waals surface area contributed by atoms with Crippen LogP contribution in [0, 0.1) is 0 Å². The molecule has 1 aromatic rings. The zero-order chi connectivity index (χ0) is 19.4. The van der Waals surface area contributed by atoms with Crippen LogP contribution >= 0.6 is 0 Å². The van der Waals surface area contributed by atoms with Gasteiger partial charge >= 0.3 is 0 Å². The normalized spacial score (nSPS) is 12.2. The van der Waals surface area contributed by atoms with Gasteiger partial charge in [-0.15, -0.1) is 0 Å². The Balaban J connectivity index is 2.62. The number of rotatable bonds is 13. The van der Waals surface area contributed by atoms with E-state index in [1.807, 2.05) is 29.2 Å². The molecule has 0 aliphatic heterocycles. The van der Waals surface area contributed by atoms with Gasteiger partial charge in [-0.2, -0.15) is 0 Å². The predicted octanol–water partition coefficient (Wildman–Crippen LogP) is 2.12. The van der Waals surface area contributed by atoms with Crippen LogP contribution in [0.1, 0.15) is 31.2 Å². The molecule has 0 radical (unpaired) electrons. The van der Waals surface area contributed by atoms with Gasteiger partial charge in [-0.1, -0.05) is 18.6 Å². The number of nitrogens with two attached hydrogens (primary N) is 1. The number of benzene rings is 1. The quantitative estimate of drug-likeness (QED) is 0.542. The maximum Gasteiger partial charge on any atom is 0.239 e. The van der Waals surface area contributed by atoms with E-state index in [2.05, 4.69) is 19.0 Å². The molecule has 26 heavy (non-hydrogen) atoms. The molecule has 0 bridgehead atoms. The molecule has 2 N–H and O–H groups in total. The Labute approximate surface area is 158 Å². The lowest BCUT2D eigenvalue weighted by Crippen LogP contribution is -2.44. The fourth-order valence-corrected chi connectivity index (χ4v) is 2.77. The molecule has 6 nitrogen and oxygen atoms in total. The Kier molecular flexibility index (Phi) is 10.9. The summed E-state index contributed by atoms with van der Waals surface area (Å²) in [6.07, 6.45) is 3.53. The van der Waals surface area contributed by atoms with E-state index in [0.29, 0.717) is 19.7 Å². The molecule has 0 heterocycles.